The zero-order valence-corrected chi connectivity index (χ0v) is 8.04. The van der Waals surface area contributed by atoms with E-state index in [0.717, 1.165) is 0 Å². The summed E-state index contributed by atoms with van der Waals surface area (Å²) in [4.78, 5) is 22.0. The van der Waals surface area contributed by atoms with Gasteiger partial charge in [-0.3, -0.25) is 10.1 Å². The van der Waals surface area contributed by atoms with Crippen molar-refractivity contribution in [3.8, 4) is 0 Å². The number of carbonyl (C=O) groups is 2. The quantitative estimate of drug-likeness (QED) is 0.723. The molecule has 2 N–H and O–H groups in total. The van der Waals surface area contributed by atoms with E-state index in [0.29, 0.717) is 5.69 Å². The van der Waals surface area contributed by atoms with Crippen LogP contribution in [0, 0.1) is 0 Å². The Bertz CT molecular complexity index is 323. The van der Waals surface area contributed by atoms with Crippen LogP contribution in [0.2, 0.25) is 0 Å². The zero-order chi connectivity index (χ0) is 10.6. The topological polar surface area (TPSA) is 84.2 Å². The van der Waals surface area contributed by atoms with Crippen molar-refractivity contribution in [3.05, 3.63) is 12.5 Å². The number of halogens is 1. The molecule has 1 unspecified atom stereocenters. The predicted octanol–water partition coefficient (Wildman–Crippen LogP) is 0.950. The standard InChI is InChI=1S/C7H8ClN3O3/c1-4(8)6(12)11-7(13)10-5-2-9-14-3-5/h2-4H,1H3,(H2,10,11,12,13). The summed E-state index contributed by atoms with van der Waals surface area (Å²) < 4.78 is 4.46. The van der Waals surface area contributed by atoms with E-state index >= 15 is 0 Å². The summed E-state index contributed by atoms with van der Waals surface area (Å²) in [6.07, 6.45) is 2.53. The van der Waals surface area contributed by atoms with Gasteiger partial charge in [-0.15, -0.1) is 11.6 Å². The monoisotopic (exact) mass is 217 g/mol. The SMILES string of the molecule is CC(Cl)C(=O)NC(=O)Nc1cnoc1. The Balaban J connectivity index is 2.41. The number of nitrogens with one attached hydrogen (secondary N) is 2. The largest absolute Gasteiger partial charge is 0.363 e. The highest BCUT2D eigenvalue weighted by atomic mass is 35.5. The molecule has 3 amide bonds. The zero-order valence-electron chi connectivity index (χ0n) is 7.28. The van der Waals surface area contributed by atoms with Crippen LogP contribution in [0.1, 0.15) is 6.92 Å². The Hall–Kier alpha value is -1.56. The molecule has 0 aliphatic heterocycles. The van der Waals surface area contributed by atoms with Gasteiger partial charge in [0.25, 0.3) is 0 Å². The number of nitrogens with zero attached hydrogens (tertiary/aromatic N) is 1. The number of hydrogen-bond acceptors (Lipinski definition) is 4. The van der Waals surface area contributed by atoms with E-state index in [1.165, 1.54) is 19.4 Å². The lowest BCUT2D eigenvalue weighted by Gasteiger charge is -2.04. The van der Waals surface area contributed by atoms with Crippen molar-refractivity contribution in [2.24, 2.45) is 0 Å². The number of urea groups is 1. The summed E-state index contributed by atoms with van der Waals surface area (Å²) >= 11 is 5.43. The number of carbonyl (C=O) groups excluding carboxylic acids is 2. The van der Waals surface area contributed by atoms with E-state index in [-0.39, 0.29) is 0 Å². The van der Waals surface area contributed by atoms with Gasteiger partial charge >= 0.3 is 6.03 Å². The molecule has 0 aromatic carbocycles. The Morgan fingerprint density at radius 2 is 2.36 bits per heavy atom. The number of hydrogen-bond donors (Lipinski definition) is 2. The van der Waals surface area contributed by atoms with Crippen LogP contribution in [0.3, 0.4) is 0 Å². The maximum absolute atomic E-state index is 11.1. The fourth-order valence-corrected chi connectivity index (χ4v) is 0.695. The highest BCUT2D eigenvalue weighted by Gasteiger charge is 2.13. The van der Waals surface area contributed by atoms with E-state index in [1.54, 1.807) is 0 Å². The number of amides is 3. The summed E-state index contributed by atoms with van der Waals surface area (Å²) in [6, 6.07) is -0.675. The second kappa shape index (κ2) is 4.61. The maximum atomic E-state index is 11.1. The molecular formula is C7H8ClN3O3. The molecule has 7 heteroatoms. The lowest BCUT2D eigenvalue weighted by molar-refractivity contribution is -0.119. The molecule has 1 aromatic rings. The first-order valence-corrected chi connectivity index (χ1v) is 4.18. The van der Waals surface area contributed by atoms with Gasteiger partial charge in [-0.1, -0.05) is 5.16 Å². The molecule has 0 spiro atoms. The van der Waals surface area contributed by atoms with Crippen LogP contribution in [0.25, 0.3) is 0 Å². The van der Waals surface area contributed by atoms with Gasteiger partial charge in [0.2, 0.25) is 5.91 Å². The summed E-state index contributed by atoms with van der Waals surface area (Å²) in [5.41, 5.74) is 0.359. The Kier molecular flexibility index (Phi) is 3.47. The molecule has 14 heavy (non-hydrogen) atoms. The lowest BCUT2D eigenvalue weighted by atomic mass is 10.4. The first-order valence-electron chi connectivity index (χ1n) is 3.75. The number of anilines is 1. The molecule has 0 aliphatic rings. The Morgan fingerprint density at radius 1 is 1.64 bits per heavy atom. The average molecular weight is 218 g/mol. The van der Waals surface area contributed by atoms with Crippen LogP contribution in [-0.4, -0.2) is 22.5 Å². The molecule has 1 aromatic heterocycles. The van der Waals surface area contributed by atoms with Crippen molar-refractivity contribution >= 4 is 29.2 Å². The third-order valence-corrected chi connectivity index (χ3v) is 1.49. The number of rotatable bonds is 2. The number of aromatic nitrogens is 1. The minimum Gasteiger partial charge on any atom is -0.363 e. The molecule has 0 saturated carbocycles. The molecule has 0 radical (unpaired) electrons. The van der Waals surface area contributed by atoms with E-state index < -0.39 is 17.3 Å². The molecule has 0 saturated heterocycles. The fourth-order valence-electron chi connectivity index (χ4n) is 0.640. The van der Waals surface area contributed by atoms with Gasteiger partial charge in [0.1, 0.15) is 17.3 Å². The van der Waals surface area contributed by atoms with E-state index in [9.17, 15) is 9.59 Å². The summed E-state index contributed by atoms with van der Waals surface area (Å²) in [5.74, 6) is -0.569. The lowest BCUT2D eigenvalue weighted by Crippen LogP contribution is -2.38. The molecule has 1 heterocycles. The molecule has 0 bridgehead atoms. The van der Waals surface area contributed by atoms with Crippen molar-refractivity contribution in [2.75, 3.05) is 5.32 Å². The molecule has 76 valence electrons. The third kappa shape index (κ3) is 3.06. The van der Waals surface area contributed by atoms with Gasteiger partial charge in [-0.25, -0.2) is 4.79 Å². The molecule has 0 fully saturated rings. The molecule has 0 aliphatic carbocycles. The van der Waals surface area contributed by atoms with Gasteiger partial charge in [0.15, 0.2) is 0 Å². The highest BCUT2D eigenvalue weighted by molar-refractivity contribution is 6.31. The smallest absolute Gasteiger partial charge is 0.326 e. The fraction of sp³-hybridized carbons (Fsp3) is 0.286. The number of imide groups is 1. The van der Waals surface area contributed by atoms with Gasteiger partial charge in [0, 0.05) is 0 Å². The second-order valence-electron chi connectivity index (χ2n) is 2.47. The van der Waals surface area contributed by atoms with Crippen LogP contribution >= 0.6 is 11.6 Å². The summed E-state index contributed by atoms with van der Waals surface area (Å²) in [5, 5.41) is 6.95. The van der Waals surface area contributed by atoms with Crippen molar-refractivity contribution in [1.82, 2.24) is 10.5 Å². The van der Waals surface area contributed by atoms with E-state index in [2.05, 4.69) is 15.0 Å². The van der Waals surface area contributed by atoms with Crippen molar-refractivity contribution in [3.63, 3.8) is 0 Å². The van der Waals surface area contributed by atoms with Crippen LogP contribution in [-0.2, 0) is 4.79 Å². The minimum atomic E-state index is -0.761. The van der Waals surface area contributed by atoms with Crippen molar-refractivity contribution in [2.45, 2.75) is 12.3 Å². The van der Waals surface area contributed by atoms with Crippen LogP contribution in [0.4, 0.5) is 10.5 Å². The van der Waals surface area contributed by atoms with Gasteiger partial charge < -0.3 is 9.84 Å². The van der Waals surface area contributed by atoms with Crippen molar-refractivity contribution in [1.29, 1.82) is 0 Å². The van der Waals surface area contributed by atoms with Gasteiger partial charge in [0.05, 0.1) is 6.20 Å². The van der Waals surface area contributed by atoms with Crippen LogP contribution in [0.5, 0.6) is 0 Å². The first kappa shape index (κ1) is 10.5. The second-order valence-corrected chi connectivity index (χ2v) is 3.13. The summed E-state index contributed by atoms with van der Waals surface area (Å²) in [6.45, 7) is 1.46. The van der Waals surface area contributed by atoms with Crippen LogP contribution in [0.15, 0.2) is 17.0 Å². The Morgan fingerprint density at radius 3 is 2.86 bits per heavy atom. The molecule has 6 nitrogen and oxygen atoms in total. The highest BCUT2D eigenvalue weighted by Crippen LogP contribution is 2.02. The first-order chi connectivity index (χ1) is 6.59. The van der Waals surface area contributed by atoms with Crippen molar-refractivity contribution < 1.29 is 14.1 Å². The van der Waals surface area contributed by atoms with E-state index in [4.69, 9.17) is 11.6 Å². The normalized spacial score (nSPS) is 11.9. The van der Waals surface area contributed by atoms with Gasteiger partial charge in [-0.05, 0) is 6.92 Å². The van der Waals surface area contributed by atoms with Gasteiger partial charge in [-0.2, -0.15) is 0 Å². The summed E-state index contributed by atoms with van der Waals surface area (Å²) in [7, 11) is 0. The molecular weight excluding hydrogens is 210 g/mol. The Labute approximate surface area is 84.6 Å². The molecule has 1 atom stereocenters. The average Bonchev–Trinajstić information content (AvgIpc) is 2.56. The molecule has 1 rings (SSSR count). The minimum absolute atomic E-state index is 0.359. The third-order valence-electron chi connectivity index (χ3n) is 1.29. The maximum Gasteiger partial charge on any atom is 0.326 e. The number of alkyl halides is 1. The van der Waals surface area contributed by atoms with E-state index in [1.807, 2.05) is 5.32 Å². The predicted molar refractivity (Wildman–Crippen MR) is 49.0 cm³/mol. The van der Waals surface area contributed by atoms with Crippen LogP contribution < -0.4 is 10.6 Å².